The average molecular weight is 249 g/mol. The zero-order valence-corrected chi connectivity index (χ0v) is 9.58. The van der Waals surface area contributed by atoms with E-state index in [2.05, 4.69) is 10.3 Å². The zero-order valence-electron chi connectivity index (χ0n) is 8.82. The third-order valence-corrected chi connectivity index (χ3v) is 2.51. The Hall–Kier alpha value is -0.750. The summed E-state index contributed by atoms with van der Waals surface area (Å²) in [6.45, 7) is 0.526. The minimum Gasteiger partial charge on any atom is -0.390 e. The Morgan fingerprint density at radius 2 is 2.25 bits per heavy atom. The number of nitrogens with one attached hydrogen (secondary N) is 1. The lowest BCUT2D eigenvalue weighted by molar-refractivity contribution is 0.0119. The van der Waals surface area contributed by atoms with Gasteiger partial charge in [-0.05, 0) is 26.1 Å². The Bertz CT molecular complexity index is 352. The molecule has 0 amide bonds. The van der Waals surface area contributed by atoms with Crippen LogP contribution in [0.25, 0.3) is 0 Å². The molecular formula is C10H14ClFN2O2. The van der Waals surface area contributed by atoms with Crippen LogP contribution in [0.2, 0.25) is 5.15 Å². The first kappa shape index (κ1) is 13.3. The van der Waals surface area contributed by atoms with Crippen LogP contribution < -0.4 is 5.32 Å². The highest BCUT2D eigenvalue weighted by Crippen LogP contribution is 2.24. The van der Waals surface area contributed by atoms with Crippen LogP contribution in [0.5, 0.6) is 0 Å². The van der Waals surface area contributed by atoms with Gasteiger partial charge in [0.25, 0.3) is 0 Å². The first-order valence-electron chi connectivity index (χ1n) is 4.88. The molecule has 0 fully saturated rings. The highest BCUT2D eigenvalue weighted by atomic mass is 35.5. The van der Waals surface area contributed by atoms with Gasteiger partial charge in [-0.25, -0.2) is 9.37 Å². The first-order chi connectivity index (χ1) is 7.57. The summed E-state index contributed by atoms with van der Waals surface area (Å²) in [6.07, 6.45) is -0.736. The van der Waals surface area contributed by atoms with Gasteiger partial charge >= 0.3 is 0 Å². The van der Waals surface area contributed by atoms with E-state index < -0.39 is 18.0 Å². The molecule has 0 aliphatic rings. The van der Waals surface area contributed by atoms with Gasteiger partial charge < -0.3 is 15.5 Å². The monoisotopic (exact) mass is 248 g/mol. The number of hydrogen-bond donors (Lipinski definition) is 3. The molecule has 0 saturated carbocycles. The summed E-state index contributed by atoms with van der Waals surface area (Å²) in [6, 6.07) is 1.30. The molecule has 1 heterocycles. The molecule has 1 rings (SSSR count). The zero-order chi connectivity index (χ0) is 12.1. The van der Waals surface area contributed by atoms with E-state index in [1.807, 2.05) is 0 Å². The summed E-state index contributed by atoms with van der Waals surface area (Å²) in [5.74, 6) is -0.792. The maximum atomic E-state index is 13.5. The Balaban J connectivity index is 2.79. The molecule has 0 bridgehead atoms. The molecule has 3 N–H and O–H groups in total. The molecule has 16 heavy (non-hydrogen) atoms. The van der Waals surface area contributed by atoms with E-state index in [4.69, 9.17) is 11.6 Å². The lowest BCUT2D eigenvalue weighted by atomic mass is 10.0. The van der Waals surface area contributed by atoms with Crippen LogP contribution in [-0.4, -0.2) is 34.9 Å². The van der Waals surface area contributed by atoms with E-state index in [9.17, 15) is 14.6 Å². The van der Waals surface area contributed by atoms with Crippen molar-refractivity contribution in [1.29, 1.82) is 0 Å². The topological polar surface area (TPSA) is 65.4 Å². The van der Waals surface area contributed by atoms with E-state index in [1.54, 1.807) is 7.05 Å². The van der Waals surface area contributed by atoms with Crippen molar-refractivity contribution in [2.75, 3.05) is 13.6 Å². The van der Waals surface area contributed by atoms with Crippen molar-refractivity contribution in [2.45, 2.75) is 18.6 Å². The lowest BCUT2D eigenvalue weighted by Gasteiger charge is -2.18. The number of aliphatic hydroxyl groups is 2. The second kappa shape index (κ2) is 6.10. The van der Waals surface area contributed by atoms with E-state index >= 15 is 0 Å². The maximum absolute atomic E-state index is 13.5. The van der Waals surface area contributed by atoms with Crippen molar-refractivity contribution < 1.29 is 14.6 Å². The van der Waals surface area contributed by atoms with E-state index in [0.717, 1.165) is 0 Å². The van der Waals surface area contributed by atoms with Gasteiger partial charge in [0, 0.05) is 11.8 Å². The molecule has 2 unspecified atom stereocenters. The Kier molecular flexibility index (Phi) is 5.08. The number of pyridine rings is 1. The number of rotatable bonds is 5. The van der Waals surface area contributed by atoms with Crippen LogP contribution in [0.1, 0.15) is 18.1 Å². The Morgan fingerprint density at radius 1 is 1.56 bits per heavy atom. The predicted octanol–water partition coefficient (Wildman–Crippen LogP) is 0.878. The SMILES string of the molecule is CNCCC(O)C(O)c1ccnc(Cl)c1F. The van der Waals surface area contributed by atoms with Gasteiger partial charge in [0.05, 0.1) is 6.10 Å². The number of nitrogens with zero attached hydrogens (tertiary/aromatic N) is 1. The summed E-state index contributed by atoms with van der Waals surface area (Å²) in [5.41, 5.74) is -0.0383. The van der Waals surface area contributed by atoms with Crippen LogP contribution in [0, 0.1) is 5.82 Å². The fraction of sp³-hybridized carbons (Fsp3) is 0.500. The predicted molar refractivity (Wildman–Crippen MR) is 58.7 cm³/mol. The van der Waals surface area contributed by atoms with E-state index in [-0.39, 0.29) is 10.7 Å². The molecule has 2 atom stereocenters. The van der Waals surface area contributed by atoms with Gasteiger partial charge in [0.2, 0.25) is 0 Å². The molecule has 90 valence electrons. The van der Waals surface area contributed by atoms with Crippen LogP contribution in [0.15, 0.2) is 12.3 Å². The van der Waals surface area contributed by atoms with Gasteiger partial charge in [0.1, 0.15) is 6.10 Å². The first-order valence-corrected chi connectivity index (χ1v) is 5.26. The van der Waals surface area contributed by atoms with Crippen molar-refractivity contribution in [2.24, 2.45) is 0 Å². The summed E-state index contributed by atoms with van der Waals surface area (Å²) < 4.78 is 13.5. The fourth-order valence-electron chi connectivity index (χ4n) is 1.32. The van der Waals surface area contributed by atoms with Gasteiger partial charge in [-0.2, -0.15) is 0 Å². The summed E-state index contributed by atoms with van der Waals surface area (Å²) >= 11 is 5.48. The molecule has 4 nitrogen and oxygen atoms in total. The number of halogens is 2. The number of aromatic nitrogens is 1. The second-order valence-corrected chi connectivity index (χ2v) is 3.77. The van der Waals surface area contributed by atoms with Gasteiger partial charge in [-0.1, -0.05) is 11.6 Å². The van der Waals surface area contributed by atoms with E-state index in [0.29, 0.717) is 13.0 Å². The highest BCUT2D eigenvalue weighted by Gasteiger charge is 2.22. The summed E-state index contributed by atoms with van der Waals surface area (Å²) in [4.78, 5) is 3.53. The van der Waals surface area contributed by atoms with Crippen LogP contribution in [0.4, 0.5) is 4.39 Å². The Morgan fingerprint density at radius 3 is 2.88 bits per heavy atom. The number of aliphatic hydroxyl groups excluding tert-OH is 2. The summed E-state index contributed by atoms with van der Waals surface area (Å²) in [7, 11) is 1.73. The number of hydrogen-bond acceptors (Lipinski definition) is 4. The van der Waals surface area contributed by atoms with Crippen molar-refractivity contribution in [1.82, 2.24) is 10.3 Å². The smallest absolute Gasteiger partial charge is 0.166 e. The molecule has 0 aliphatic carbocycles. The maximum Gasteiger partial charge on any atom is 0.166 e. The standard InChI is InChI=1S/C10H14ClFN2O2/c1-13-4-3-7(15)9(16)6-2-5-14-10(11)8(6)12/h2,5,7,9,13,15-16H,3-4H2,1H3. The van der Waals surface area contributed by atoms with Crippen LogP contribution in [0.3, 0.4) is 0 Å². The van der Waals surface area contributed by atoms with E-state index in [1.165, 1.54) is 12.3 Å². The van der Waals surface area contributed by atoms with Crippen molar-refractivity contribution in [3.8, 4) is 0 Å². The largest absolute Gasteiger partial charge is 0.390 e. The third-order valence-electron chi connectivity index (χ3n) is 2.25. The molecule has 0 radical (unpaired) electrons. The third kappa shape index (κ3) is 3.12. The Labute approximate surface area is 98.1 Å². The van der Waals surface area contributed by atoms with Crippen molar-refractivity contribution in [3.05, 3.63) is 28.8 Å². The quantitative estimate of drug-likeness (QED) is 0.677. The fourth-order valence-corrected chi connectivity index (χ4v) is 1.48. The van der Waals surface area contributed by atoms with Crippen molar-refractivity contribution >= 4 is 11.6 Å². The molecule has 0 aliphatic heterocycles. The minimum absolute atomic E-state index is 0.0383. The average Bonchev–Trinajstić information content (AvgIpc) is 2.28. The van der Waals surface area contributed by atoms with Crippen LogP contribution in [-0.2, 0) is 0 Å². The molecule has 0 saturated heterocycles. The summed E-state index contributed by atoms with van der Waals surface area (Å²) in [5, 5.41) is 21.8. The van der Waals surface area contributed by atoms with Gasteiger partial charge in [0.15, 0.2) is 11.0 Å². The highest BCUT2D eigenvalue weighted by molar-refractivity contribution is 6.29. The van der Waals surface area contributed by atoms with Gasteiger partial charge in [-0.15, -0.1) is 0 Å². The van der Waals surface area contributed by atoms with Crippen LogP contribution >= 0.6 is 11.6 Å². The molecule has 6 heteroatoms. The lowest BCUT2D eigenvalue weighted by Crippen LogP contribution is -2.24. The minimum atomic E-state index is -1.30. The molecule has 0 aromatic carbocycles. The van der Waals surface area contributed by atoms with Crippen molar-refractivity contribution in [3.63, 3.8) is 0 Å². The molecule has 1 aromatic rings. The molecule has 1 aromatic heterocycles. The van der Waals surface area contributed by atoms with Gasteiger partial charge in [-0.3, -0.25) is 0 Å². The molecule has 0 spiro atoms. The normalized spacial score (nSPS) is 14.8. The second-order valence-electron chi connectivity index (χ2n) is 3.41. The molecular weight excluding hydrogens is 235 g/mol.